The van der Waals surface area contributed by atoms with E-state index in [1.807, 2.05) is 13.8 Å². The van der Waals surface area contributed by atoms with Crippen molar-refractivity contribution >= 4 is 0 Å². The van der Waals surface area contributed by atoms with Crippen molar-refractivity contribution in [2.45, 2.75) is 26.7 Å². The van der Waals surface area contributed by atoms with Crippen LogP contribution in [0, 0.1) is 0 Å². The lowest BCUT2D eigenvalue weighted by Crippen LogP contribution is -2.10. The zero-order chi connectivity index (χ0) is 6.41. The van der Waals surface area contributed by atoms with E-state index < -0.39 is 0 Å². The van der Waals surface area contributed by atoms with Crippen LogP contribution in [0.15, 0.2) is 0 Å². The molecule has 0 aromatic rings. The topological polar surface area (TPSA) is 38.2 Å². The molecule has 0 aromatic heterocycles. The van der Waals surface area contributed by atoms with Crippen LogP contribution >= 0.6 is 0 Å². The monoisotopic (exact) mass is 132 g/mol. The van der Waals surface area contributed by atoms with Crippen LogP contribution in [0.2, 0.25) is 0 Å². The molecule has 0 atom stereocenters. The van der Waals surface area contributed by atoms with Gasteiger partial charge in [-0.1, -0.05) is 13.8 Å². The molecule has 0 aromatic carbocycles. The van der Waals surface area contributed by atoms with Crippen molar-refractivity contribution in [3.05, 3.63) is 0 Å². The Labute approximate surface area is 58.8 Å². The second-order valence-corrected chi connectivity index (χ2v) is 2.01. The Morgan fingerprint density at radius 3 is 1.44 bits per heavy atom. The van der Waals surface area contributed by atoms with Crippen LogP contribution in [0.3, 0.4) is 0 Å². The summed E-state index contributed by atoms with van der Waals surface area (Å²) in [5, 5.41) is 0. The fourth-order valence-corrected chi connectivity index (χ4v) is 0.875. The Kier molecular flexibility index (Phi) is 10.3. The first kappa shape index (κ1) is 11.7. The summed E-state index contributed by atoms with van der Waals surface area (Å²) in [6, 6.07) is 0. The molecule has 1 saturated heterocycles. The molecule has 0 aliphatic carbocycles. The third-order valence-electron chi connectivity index (χ3n) is 1.33. The number of hydrogen-bond donors (Lipinski definition) is 1. The van der Waals surface area contributed by atoms with Crippen LogP contribution in [0.4, 0.5) is 0 Å². The molecule has 1 heterocycles. The van der Waals surface area contributed by atoms with E-state index in [9.17, 15) is 0 Å². The van der Waals surface area contributed by atoms with Gasteiger partial charge < -0.3 is 11.1 Å². The highest BCUT2D eigenvalue weighted by molar-refractivity contribution is 4.59. The Balaban J connectivity index is 0. The van der Waals surface area contributed by atoms with Crippen LogP contribution in [0.5, 0.6) is 0 Å². The van der Waals surface area contributed by atoms with E-state index in [-0.39, 0.29) is 6.15 Å². The zero-order valence-electron chi connectivity index (χ0n) is 6.98. The van der Waals surface area contributed by atoms with Crippen molar-refractivity contribution in [1.82, 2.24) is 11.1 Å². The van der Waals surface area contributed by atoms with Crippen LogP contribution in [0.1, 0.15) is 26.7 Å². The van der Waals surface area contributed by atoms with Crippen molar-refractivity contribution in [3.63, 3.8) is 0 Å². The van der Waals surface area contributed by atoms with Crippen LogP contribution < -0.4 is 6.15 Å². The maximum atomic E-state index is 2.36. The highest BCUT2D eigenvalue weighted by Gasteiger charge is 2.03. The highest BCUT2D eigenvalue weighted by atomic mass is 15.1. The van der Waals surface area contributed by atoms with Crippen LogP contribution in [-0.2, 0) is 0 Å². The summed E-state index contributed by atoms with van der Waals surface area (Å²) >= 11 is 0. The number of hydrogen-bond acceptors (Lipinski definition) is 2. The first-order chi connectivity index (χ1) is 3.89. The first-order valence-corrected chi connectivity index (χ1v) is 3.58. The van der Waals surface area contributed by atoms with Gasteiger partial charge in [0, 0.05) is 0 Å². The SMILES string of the molecule is CC.CN1CCCC1.N. The summed E-state index contributed by atoms with van der Waals surface area (Å²) in [5.41, 5.74) is 0. The van der Waals surface area contributed by atoms with Gasteiger partial charge >= 0.3 is 0 Å². The average Bonchev–Trinajstić information content (AvgIpc) is 2.24. The van der Waals surface area contributed by atoms with Gasteiger partial charge in [0.2, 0.25) is 0 Å². The summed E-state index contributed by atoms with van der Waals surface area (Å²) in [7, 11) is 2.17. The molecule has 1 aliphatic heterocycles. The van der Waals surface area contributed by atoms with Crippen molar-refractivity contribution in [3.8, 4) is 0 Å². The lowest BCUT2D eigenvalue weighted by atomic mass is 10.4. The summed E-state index contributed by atoms with van der Waals surface area (Å²) < 4.78 is 0. The van der Waals surface area contributed by atoms with E-state index in [1.165, 1.54) is 25.9 Å². The van der Waals surface area contributed by atoms with Gasteiger partial charge in [-0.2, -0.15) is 0 Å². The van der Waals surface area contributed by atoms with Crippen LogP contribution in [0.25, 0.3) is 0 Å². The molecule has 0 spiro atoms. The molecule has 58 valence electrons. The number of nitrogens with zero attached hydrogens (tertiary/aromatic N) is 1. The van der Waals surface area contributed by atoms with Crippen molar-refractivity contribution in [2.24, 2.45) is 0 Å². The predicted octanol–water partition coefficient (Wildman–Crippen LogP) is 1.90. The maximum absolute atomic E-state index is 2.36. The zero-order valence-corrected chi connectivity index (χ0v) is 6.98. The van der Waals surface area contributed by atoms with Crippen molar-refractivity contribution in [2.75, 3.05) is 20.1 Å². The van der Waals surface area contributed by atoms with E-state index in [4.69, 9.17) is 0 Å². The standard InChI is InChI=1S/C5H11N.C2H6.H3N/c1-6-4-2-3-5-6;1-2;/h2-5H2,1H3;1-2H3;1H3. The van der Waals surface area contributed by atoms with Gasteiger partial charge in [0.25, 0.3) is 0 Å². The Bertz CT molecular complexity index is 40.2. The molecule has 2 nitrogen and oxygen atoms in total. The highest BCUT2D eigenvalue weighted by Crippen LogP contribution is 2.01. The molecule has 2 heteroatoms. The number of rotatable bonds is 0. The van der Waals surface area contributed by atoms with Gasteiger partial charge in [-0.05, 0) is 33.0 Å². The minimum atomic E-state index is 0. The second kappa shape index (κ2) is 7.92. The first-order valence-electron chi connectivity index (χ1n) is 3.58. The number of likely N-dealkylation sites (tertiary alicyclic amines) is 1. The van der Waals surface area contributed by atoms with E-state index in [2.05, 4.69) is 11.9 Å². The van der Waals surface area contributed by atoms with Gasteiger partial charge in [-0.3, -0.25) is 0 Å². The van der Waals surface area contributed by atoms with Gasteiger partial charge in [-0.15, -0.1) is 0 Å². The van der Waals surface area contributed by atoms with E-state index >= 15 is 0 Å². The molecule has 9 heavy (non-hydrogen) atoms. The lowest BCUT2D eigenvalue weighted by molar-refractivity contribution is 0.418. The molecule has 1 fully saturated rings. The molecular weight excluding hydrogens is 112 g/mol. The molecule has 0 amide bonds. The van der Waals surface area contributed by atoms with E-state index in [0.717, 1.165) is 0 Å². The predicted molar refractivity (Wildman–Crippen MR) is 43.1 cm³/mol. The van der Waals surface area contributed by atoms with Crippen molar-refractivity contribution in [1.29, 1.82) is 0 Å². The van der Waals surface area contributed by atoms with Gasteiger partial charge in [0.05, 0.1) is 0 Å². The minimum Gasteiger partial charge on any atom is -0.344 e. The van der Waals surface area contributed by atoms with Gasteiger partial charge in [0.1, 0.15) is 0 Å². The molecule has 0 saturated carbocycles. The summed E-state index contributed by atoms with van der Waals surface area (Å²) in [4.78, 5) is 2.36. The second-order valence-electron chi connectivity index (χ2n) is 2.01. The smallest absolute Gasteiger partial charge is 0.00213 e. The molecule has 0 radical (unpaired) electrons. The Morgan fingerprint density at radius 1 is 1.00 bits per heavy atom. The minimum absolute atomic E-state index is 0. The molecule has 1 rings (SSSR count). The largest absolute Gasteiger partial charge is 0.344 e. The fraction of sp³-hybridized carbons (Fsp3) is 1.00. The molecule has 0 unspecified atom stereocenters. The molecule has 1 aliphatic rings. The lowest BCUT2D eigenvalue weighted by Gasteiger charge is -2.01. The van der Waals surface area contributed by atoms with Gasteiger partial charge in [0.15, 0.2) is 0 Å². The summed E-state index contributed by atoms with van der Waals surface area (Å²) in [6.07, 6.45) is 2.83. The third kappa shape index (κ3) is 5.80. The third-order valence-corrected chi connectivity index (χ3v) is 1.33. The maximum Gasteiger partial charge on any atom is -0.00213 e. The Hall–Kier alpha value is -0.0800. The average molecular weight is 132 g/mol. The Morgan fingerprint density at radius 2 is 1.33 bits per heavy atom. The molecule has 0 bridgehead atoms. The van der Waals surface area contributed by atoms with E-state index in [1.54, 1.807) is 0 Å². The van der Waals surface area contributed by atoms with Gasteiger partial charge in [-0.25, -0.2) is 0 Å². The van der Waals surface area contributed by atoms with E-state index in [0.29, 0.717) is 0 Å². The fourth-order valence-electron chi connectivity index (χ4n) is 0.875. The molecular formula is C7H20N2. The van der Waals surface area contributed by atoms with Crippen LogP contribution in [-0.4, -0.2) is 25.0 Å². The quantitative estimate of drug-likeness (QED) is 0.546. The van der Waals surface area contributed by atoms with Crippen molar-refractivity contribution < 1.29 is 0 Å². The molecule has 3 N–H and O–H groups in total. The summed E-state index contributed by atoms with van der Waals surface area (Å²) in [6.45, 7) is 6.64. The summed E-state index contributed by atoms with van der Waals surface area (Å²) in [5.74, 6) is 0. The normalized spacial score (nSPS) is 17.7.